The minimum Gasteiger partial charge on any atom is -0.497 e. The molecule has 0 bridgehead atoms. The van der Waals surface area contributed by atoms with Crippen molar-refractivity contribution in [2.24, 2.45) is 14.1 Å². The van der Waals surface area contributed by atoms with Gasteiger partial charge in [0.2, 0.25) is 5.91 Å². The third-order valence-corrected chi connectivity index (χ3v) is 3.22. The van der Waals surface area contributed by atoms with Gasteiger partial charge >= 0.3 is 5.69 Å². The topological polar surface area (TPSA) is 82.3 Å². The molecule has 2 aromatic rings. The number of anilines is 1. The molecule has 0 saturated heterocycles. The molecular weight excluding hydrogens is 298 g/mol. The third-order valence-electron chi connectivity index (χ3n) is 3.22. The van der Waals surface area contributed by atoms with Gasteiger partial charge < -0.3 is 14.6 Å². The Kier molecular flexibility index (Phi) is 4.80. The van der Waals surface area contributed by atoms with E-state index in [0.29, 0.717) is 11.4 Å². The van der Waals surface area contributed by atoms with Crippen molar-refractivity contribution in [3.8, 4) is 5.75 Å². The van der Waals surface area contributed by atoms with Crippen LogP contribution in [0.2, 0.25) is 0 Å². The first-order valence-corrected chi connectivity index (χ1v) is 6.82. The average Bonchev–Trinajstić information content (AvgIpc) is 2.55. The minimum absolute atomic E-state index is 0.246. The average molecular weight is 315 g/mol. The van der Waals surface area contributed by atoms with E-state index >= 15 is 0 Å². The van der Waals surface area contributed by atoms with Gasteiger partial charge in [-0.15, -0.1) is 0 Å². The molecule has 1 heterocycles. The fraction of sp³-hybridized carbons (Fsp3) is 0.188. The molecule has 7 heteroatoms. The first kappa shape index (κ1) is 16.3. The number of methoxy groups -OCH3 is 1. The van der Waals surface area contributed by atoms with Crippen molar-refractivity contribution in [1.82, 2.24) is 9.13 Å². The number of nitrogens with one attached hydrogen (secondary N) is 1. The Morgan fingerprint density at radius 2 is 2.00 bits per heavy atom. The lowest BCUT2D eigenvalue weighted by Crippen LogP contribution is -2.37. The lowest BCUT2D eigenvalue weighted by Gasteiger charge is -2.05. The summed E-state index contributed by atoms with van der Waals surface area (Å²) in [6, 6.07) is 6.91. The van der Waals surface area contributed by atoms with Gasteiger partial charge in [0.05, 0.1) is 12.7 Å². The number of amides is 1. The highest BCUT2D eigenvalue weighted by Crippen LogP contribution is 2.16. The fourth-order valence-electron chi connectivity index (χ4n) is 2.00. The van der Waals surface area contributed by atoms with Gasteiger partial charge in [0, 0.05) is 38.1 Å². The second-order valence-electron chi connectivity index (χ2n) is 4.90. The second kappa shape index (κ2) is 6.78. The van der Waals surface area contributed by atoms with Crippen LogP contribution in [0.25, 0.3) is 6.08 Å². The second-order valence-corrected chi connectivity index (χ2v) is 4.90. The molecule has 0 unspecified atom stereocenters. The molecular formula is C16H17N3O4. The van der Waals surface area contributed by atoms with Crippen molar-refractivity contribution in [3.63, 3.8) is 0 Å². The first-order chi connectivity index (χ1) is 10.9. The smallest absolute Gasteiger partial charge is 0.330 e. The van der Waals surface area contributed by atoms with Crippen molar-refractivity contribution >= 4 is 17.7 Å². The Hall–Kier alpha value is -3.09. The maximum absolute atomic E-state index is 11.9. The Bertz CT molecular complexity index is 878. The van der Waals surface area contributed by atoms with Gasteiger partial charge in [-0.1, -0.05) is 6.07 Å². The van der Waals surface area contributed by atoms with Crippen molar-refractivity contribution in [1.29, 1.82) is 0 Å². The van der Waals surface area contributed by atoms with E-state index in [1.54, 1.807) is 24.3 Å². The van der Waals surface area contributed by atoms with E-state index in [0.717, 1.165) is 4.57 Å². The molecule has 1 N–H and O–H groups in total. The molecule has 1 aromatic carbocycles. The maximum Gasteiger partial charge on any atom is 0.330 e. The minimum atomic E-state index is -0.460. The molecule has 1 aromatic heterocycles. The monoisotopic (exact) mass is 315 g/mol. The third kappa shape index (κ3) is 3.76. The molecule has 0 aliphatic heterocycles. The van der Waals surface area contributed by atoms with Gasteiger partial charge in [-0.05, 0) is 18.2 Å². The van der Waals surface area contributed by atoms with E-state index in [9.17, 15) is 14.4 Å². The summed E-state index contributed by atoms with van der Waals surface area (Å²) >= 11 is 0. The summed E-state index contributed by atoms with van der Waals surface area (Å²) in [5.74, 6) is 0.230. The van der Waals surface area contributed by atoms with Crippen molar-refractivity contribution in [2.75, 3.05) is 12.4 Å². The van der Waals surface area contributed by atoms with Crippen LogP contribution in [0, 0.1) is 0 Å². The van der Waals surface area contributed by atoms with Gasteiger partial charge in [0.25, 0.3) is 5.56 Å². The van der Waals surface area contributed by atoms with Crippen LogP contribution in [0.4, 0.5) is 5.69 Å². The van der Waals surface area contributed by atoms with E-state index in [1.807, 2.05) is 0 Å². The molecule has 23 heavy (non-hydrogen) atoms. The van der Waals surface area contributed by atoms with Crippen LogP contribution in [-0.4, -0.2) is 22.2 Å². The zero-order valence-corrected chi connectivity index (χ0v) is 13.1. The van der Waals surface area contributed by atoms with Crippen LogP contribution in [-0.2, 0) is 18.9 Å². The van der Waals surface area contributed by atoms with Crippen LogP contribution >= 0.6 is 0 Å². The number of ether oxygens (including phenoxy) is 1. The summed E-state index contributed by atoms with van der Waals surface area (Å²) in [4.78, 5) is 35.5. The molecule has 120 valence electrons. The predicted molar refractivity (Wildman–Crippen MR) is 87.6 cm³/mol. The van der Waals surface area contributed by atoms with Crippen LogP contribution < -0.4 is 21.3 Å². The predicted octanol–water partition coefficient (Wildman–Crippen LogP) is 0.744. The molecule has 0 atom stereocenters. The highest BCUT2D eigenvalue weighted by atomic mass is 16.5. The SMILES string of the molecule is COc1cccc(NC(=O)/C=C/c2cn(C)c(=O)n(C)c2=O)c1. The molecule has 1 amide bonds. The lowest BCUT2D eigenvalue weighted by molar-refractivity contribution is -0.111. The number of aryl methyl sites for hydroxylation is 1. The highest BCUT2D eigenvalue weighted by Gasteiger charge is 2.05. The summed E-state index contributed by atoms with van der Waals surface area (Å²) < 4.78 is 7.34. The normalized spacial score (nSPS) is 10.7. The van der Waals surface area contributed by atoms with Crippen molar-refractivity contribution in [3.05, 3.63) is 62.9 Å². The first-order valence-electron chi connectivity index (χ1n) is 6.82. The standard InChI is InChI=1S/C16H17N3O4/c1-18-10-11(15(21)19(2)16(18)22)7-8-14(20)17-12-5-4-6-13(9-12)23-3/h4-10H,1-3H3,(H,17,20)/b8-7+. The Morgan fingerprint density at radius 1 is 1.26 bits per heavy atom. The molecule has 0 aliphatic carbocycles. The molecule has 0 fully saturated rings. The largest absolute Gasteiger partial charge is 0.497 e. The van der Waals surface area contributed by atoms with E-state index in [1.165, 1.54) is 44.1 Å². The summed E-state index contributed by atoms with van der Waals surface area (Å²) in [5, 5.41) is 2.66. The summed E-state index contributed by atoms with van der Waals surface area (Å²) in [6.07, 6.45) is 4.00. The van der Waals surface area contributed by atoms with E-state index in [2.05, 4.69) is 5.32 Å². The Balaban J connectivity index is 2.19. The van der Waals surface area contributed by atoms with Crippen molar-refractivity contribution in [2.45, 2.75) is 0 Å². The quantitative estimate of drug-likeness (QED) is 0.844. The number of nitrogens with zero attached hydrogens (tertiary/aromatic N) is 2. The molecule has 0 spiro atoms. The Morgan fingerprint density at radius 3 is 2.70 bits per heavy atom. The van der Waals surface area contributed by atoms with Crippen LogP contribution in [0.15, 0.2) is 46.1 Å². The molecule has 2 rings (SSSR count). The van der Waals surface area contributed by atoms with E-state index in [-0.39, 0.29) is 5.56 Å². The maximum atomic E-state index is 11.9. The van der Waals surface area contributed by atoms with E-state index in [4.69, 9.17) is 4.74 Å². The zero-order chi connectivity index (χ0) is 17.0. The van der Waals surface area contributed by atoms with E-state index < -0.39 is 17.2 Å². The molecule has 0 aliphatic rings. The summed E-state index contributed by atoms with van der Waals surface area (Å²) in [7, 11) is 4.46. The van der Waals surface area contributed by atoms with Crippen LogP contribution in [0.3, 0.4) is 0 Å². The summed E-state index contributed by atoms with van der Waals surface area (Å²) in [6.45, 7) is 0. The fourth-order valence-corrected chi connectivity index (χ4v) is 2.00. The number of aromatic nitrogens is 2. The van der Waals surface area contributed by atoms with Gasteiger partial charge in [-0.25, -0.2) is 4.79 Å². The zero-order valence-electron chi connectivity index (χ0n) is 13.1. The van der Waals surface area contributed by atoms with Gasteiger partial charge in [-0.2, -0.15) is 0 Å². The van der Waals surface area contributed by atoms with Crippen LogP contribution in [0.1, 0.15) is 5.56 Å². The molecule has 0 saturated carbocycles. The molecule has 0 radical (unpaired) electrons. The molecule has 7 nitrogen and oxygen atoms in total. The number of benzene rings is 1. The number of hydrogen-bond donors (Lipinski definition) is 1. The number of carbonyl (C=O) groups excluding carboxylic acids is 1. The number of carbonyl (C=O) groups is 1. The van der Waals surface area contributed by atoms with Gasteiger partial charge in [0.1, 0.15) is 5.75 Å². The van der Waals surface area contributed by atoms with Crippen molar-refractivity contribution < 1.29 is 9.53 Å². The number of rotatable bonds is 4. The van der Waals surface area contributed by atoms with Gasteiger partial charge in [0.15, 0.2) is 0 Å². The lowest BCUT2D eigenvalue weighted by atomic mass is 10.2. The summed E-state index contributed by atoms with van der Waals surface area (Å²) in [5.41, 5.74) is -0.0609. The highest BCUT2D eigenvalue weighted by molar-refractivity contribution is 6.01. The number of hydrogen-bond acceptors (Lipinski definition) is 4. The Labute approximate surface area is 132 Å². The van der Waals surface area contributed by atoms with Gasteiger partial charge in [-0.3, -0.25) is 14.2 Å². The van der Waals surface area contributed by atoms with Crippen LogP contribution in [0.5, 0.6) is 5.75 Å².